The Hall–Kier alpha value is -0.610. The fourth-order valence-corrected chi connectivity index (χ4v) is 2.93. The Bertz CT molecular complexity index is 283. The highest BCUT2D eigenvalue weighted by molar-refractivity contribution is 5.82. The second kappa shape index (κ2) is 5.36. The molecule has 0 aromatic rings. The lowest BCUT2D eigenvalue weighted by molar-refractivity contribution is -0.123. The SMILES string of the molecule is COC1CNC(C(=O)NC2CCC(C)C2C)C1. The summed E-state index contributed by atoms with van der Waals surface area (Å²) in [5, 5.41) is 6.41. The first kappa shape index (κ1) is 12.8. The highest BCUT2D eigenvalue weighted by Gasteiger charge is 2.34. The molecule has 4 nitrogen and oxygen atoms in total. The number of hydrogen-bond acceptors (Lipinski definition) is 3. The lowest BCUT2D eigenvalue weighted by Crippen LogP contribution is -2.46. The quantitative estimate of drug-likeness (QED) is 0.771. The highest BCUT2D eigenvalue weighted by atomic mass is 16.5. The second-order valence-electron chi connectivity index (χ2n) is 5.58. The fourth-order valence-electron chi connectivity index (χ4n) is 2.93. The first-order valence-electron chi connectivity index (χ1n) is 6.68. The third kappa shape index (κ3) is 2.80. The molecular weight excluding hydrogens is 216 g/mol. The van der Waals surface area contributed by atoms with E-state index >= 15 is 0 Å². The molecule has 2 fully saturated rings. The molecule has 5 atom stereocenters. The number of amides is 1. The topological polar surface area (TPSA) is 50.4 Å². The molecule has 1 amide bonds. The van der Waals surface area contributed by atoms with Gasteiger partial charge in [-0.3, -0.25) is 4.79 Å². The number of methoxy groups -OCH3 is 1. The van der Waals surface area contributed by atoms with Crippen molar-refractivity contribution >= 4 is 5.91 Å². The third-order valence-electron chi connectivity index (χ3n) is 4.53. The number of ether oxygens (including phenoxy) is 1. The van der Waals surface area contributed by atoms with Crippen molar-refractivity contribution in [1.82, 2.24) is 10.6 Å². The number of hydrogen-bond donors (Lipinski definition) is 2. The summed E-state index contributed by atoms with van der Waals surface area (Å²) < 4.78 is 5.26. The van der Waals surface area contributed by atoms with Gasteiger partial charge in [0.05, 0.1) is 12.1 Å². The number of carbonyl (C=O) groups excluding carboxylic acids is 1. The monoisotopic (exact) mass is 240 g/mol. The molecule has 0 aromatic heterocycles. The molecule has 5 unspecified atom stereocenters. The molecule has 1 aliphatic heterocycles. The smallest absolute Gasteiger partial charge is 0.237 e. The van der Waals surface area contributed by atoms with Crippen LogP contribution < -0.4 is 10.6 Å². The number of carbonyl (C=O) groups is 1. The largest absolute Gasteiger partial charge is 0.380 e. The van der Waals surface area contributed by atoms with E-state index in [2.05, 4.69) is 24.5 Å². The molecule has 2 N–H and O–H groups in total. The lowest BCUT2D eigenvalue weighted by Gasteiger charge is -2.21. The first-order valence-corrected chi connectivity index (χ1v) is 6.68. The Morgan fingerprint density at radius 2 is 2.12 bits per heavy atom. The number of nitrogens with one attached hydrogen (secondary N) is 2. The Morgan fingerprint density at radius 3 is 2.65 bits per heavy atom. The summed E-state index contributed by atoms with van der Waals surface area (Å²) >= 11 is 0. The van der Waals surface area contributed by atoms with Gasteiger partial charge in [0.1, 0.15) is 0 Å². The molecule has 0 aromatic carbocycles. The van der Waals surface area contributed by atoms with Crippen LogP contribution in [0.15, 0.2) is 0 Å². The van der Waals surface area contributed by atoms with Crippen molar-refractivity contribution in [3.8, 4) is 0 Å². The van der Waals surface area contributed by atoms with Gasteiger partial charge in [-0.1, -0.05) is 13.8 Å². The zero-order chi connectivity index (χ0) is 12.4. The first-order chi connectivity index (χ1) is 8.11. The van der Waals surface area contributed by atoms with Crippen LogP contribution in [0.1, 0.15) is 33.1 Å². The van der Waals surface area contributed by atoms with Crippen LogP contribution in [0.25, 0.3) is 0 Å². The molecule has 0 radical (unpaired) electrons. The molecule has 1 aliphatic carbocycles. The minimum atomic E-state index is -0.0666. The normalized spacial score (nSPS) is 41.7. The van der Waals surface area contributed by atoms with E-state index in [0.29, 0.717) is 12.0 Å². The van der Waals surface area contributed by atoms with Gasteiger partial charge >= 0.3 is 0 Å². The third-order valence-corrected chi connectivity index (χ3v) is 4.53. The molecule has 1 saturated carbocycles. The van der Waals surface area contributed by atoms with E-state index in [-0.39, 0.29) is 18.1 Å². The van der Waals surface area contributed by atoms with Crippen LogP contribution in [0.4, 0.5) is 0 Å². The minimum Gasteiger partial charge on any atom is -0.380 e. The maximum absolute atomic E-state index is 12.1. The Kier molecular flexibility index (Phi) is 4.05. The van der Waals surface area contributed by atoms with Gasteiger partial charge < -0.3 is 15.4 Å². The predicted molar refractivity (Wildman–Crippen MR) is 66.7 cm³/mol. The van der Waals surface area contributed by atoms with Crippen LogP contribution in [-0.4, -0.2) is 37.7 Å². The zero-order valence-corrected chi connectivity index (χ0v) is 11.0. The van der Waals surface area contributed by atoms with Crippen molar-refractivity contribution in [2.75, 3.05) is 13.7 Å². The molecule has 0 bridgehead atoms. The van der Waals surface area contributed by atoms with Gasteiger partial charge in [0.25, 0.3) is 0 Å². The van der Waals surface area contributed by atoms with Gasteiger partial charge in [-0.25, -0.2) is 0 Å². The van der Waals surface area contributed by atoms with E-state index in [1.54, 1.807) is 7.11 Å². The molecule has 4 heteroatoms. The van der Waals surface area contributed by atoms with Crippen LogP contribution in [0.3, 0.4) is 0 Å². The molecule has 1 heterocycles. The van der Waals surface area contributed by atoms with Crippen molar-refractivity contribution < 1.29 is 9.53 Å². The van der Waals surface area contributed by atoms with Crippen LogP contribution in [0.2, 0.25) is 0 Å². The average molecular weight is 240 g/mol. The summed E-state index contributed by atoms with van der Waals surface area (Å²) in [4.78, 5) is 12.1. The van der Waals surface area contributed by atoms with Gasteiger partial charge in [0.15, 0.2) is 0 Å². The summed E-state index contributed by atoms with van der Waals surface area (Å²) in [6.07, 6.45) is 3.32. The summed E-state index contributed by atoms with van der Waals surface area (Å²) in [6.45, 7) is 5.29. The molecule has 2 rings (SSSR count). The molecule has 2 aliphatic rings. The van der Waals surface area contributed by atoms with Gasteiger partial charge in [-0.15, -0.1) is 0 Å². The van der Waals surface area contributed by atoms with Crippen LogP contribution >= 0.6 is 0 Å². The van der Waals surface area contributed by atoms with Crippen molar-refractivity contribution in [2.45, 2.75) is 51.3 Å². The van der Waals surface area contributed by atoms with Crippen LogP contribution in [-0.2, 0) is 9.53 Å². The van der Waals surface area contributed by atoms with E-state index in [4.69, 9.17) is 4.74 Å². The average Bonchev–Trinajstić information content (AvgIpc) is 2.91. The standard InChI is InChI=1S/C13H24N2O2/c1-8-4-5-11(9(8)2)15-13(16)12-6-10(17-3)7-14-12/h8-12,14H,4-7H2,1-3H3,(H,15,16). The number of rotatable bonds is 3. The highest BCUT2D eigenvalue weighted by Crippen LogP contribution is 2.31. The van der Waals surface area contributed by atoms with Crippen LogP contribution in [0.5, 0.6) is 0 Å². The maximum Gasteiger partial charge on any atom is 0.237 e. The Balaban J connectivity index is 1.82. The van der Waals surface area contributed by atoms with E-state index in [0.717, 1.165) is 25.3 Å². The molecular formula is C13H24N2O2. The summed E-state index contributed by atoms with van der Waals surface area (Å²) in [5.41, 5.74) is 0. The van der Waals surface area contributed by atoms with E-state index in [9.17, 15) is 4.79 Å². The Morgan fingerprint density at radius 1 is 1.35 bits per heavy atom. The second-order valence-corrected chi connectivity index (χ2v) is 5.58. The molecule has 98 valence electrons. The van der Waals surface area contributed by atoms with Crippen LogP contribution in [0, 0.1) is 11.8 Å². The van der Waals surface area contributed by atoms with Crippen molar-refractivity contribution in [2.24, 2.45) is 11.8 Å². The Labute approximate surface area is 103 Å². The van der Waals surface area contributed by atoms with Gasteiger partial charge in [-0.2, -0.15) is 0 Å². The fraction of sp³-hybridized carbons (Fsp3) is 0.923. The minimum absolute atomic E-state index is 0.0666. The van der Waals surface area contributed by atoms with Gasteiger partial charge in [0, 0.05) is 19.7 Å². The van der Waals surface area contributed by atoms with Gasteiger partial charge in [-0.05, 0) is 31.1 Å². The maximum atomic E-state index is 12.1. The van der Waals surface area contributed by atoms with E-state index in [1.165, 1.54) is 6.42 Å². The summed E-state index contributed by atoms with van der Waals surface area (Å²) in [5.74, 6) is 1.47. The van der Waals surface area contributed by atoms with Crippen molar-refractivity contribution in [3.63, 3.8) is 0 Å². The van der Waals surface area contributed by atoms with Crippen molar-refractivity contribution in [3.05, 3.63) is 0 Å². The van der Waals surface area contributed by atoms with Gasteiger partial charge in [0.2, 0.25) is 5.91 Å². The summed E-state index contributed by atoms with van der Waals surface area (Å²) in [7, 11) is 1.70. The molecule has 0 spiro atoms. The molecule has 17 heavy (non-hydrogen) atoms. The van der Waals surface area contributed by atoms with Crippen molar-refractivity contribution in [1.29, 1.82) is 0 Å². The predicted octanol–water partition coefficient (Wildman–Crippen LogP) is 0.914. The zero-order valence-electron chi connectivity index (χ0n) is 11.0. The molecule has 1 saturated heterocycles. The summed E-state index contributed by atoms with van der Waals surface area (Å²) in [6, 6.07) is 0.295. The van der Waals surface area contributed by atoms with E-state index in [1.807, 2.05) is 0 Å². The van der Waals surface area contributed by atoms with E-state index < -0.39 is 0 Å². The lowest BCUT2D eigenvalue weighted by atomic mass is 9.97.